The Bertz CT molecular complexity index is 317. The molecule has 15 heavy (non-hydrogen) atoms. The van der Waals surface area contributed by atoms with Gasteiger partial charge in [0.25, 0.3) is 0 Å². The van der Waals surface area contributed by atoms with Crippen LogP contribution < -0.4 is 10.6 Å². The summed E-state index contributed by atoms with van der Waals surface area (Å²) in [5, 5.41) is 4.87. The Kier molecular flexibility index (Phi) is 4.09. The molecular weight excluding hydrogens is 192 g/mol. The Hall–Kier alpha value is -1.58. The summed E-state index contributed by atoms with van der Waals surface area (Å²) in [6.07, 6.45) is 7.67. The minimum Gasteiger partial charge on any atom is -0.308 e. The second-order valence-electron chi connectivity index (χ2n) is 3.74. The summed E-state index contributed by atoms with van der Waals surface area (Å²) in [5.74, 6) is -0.459. The highest BCUT2D eigenvalue weighted by Crippen LogP contribution is 2.06. The molecule has 4 heteroatoms. The van der Waals surface area contributed by atoms with Gasteiger partial charge in [0, 0.05) is 11.6 Å². The van der Waals surface area contributed by atoms with E-state index in [1.165, 1.54) is 0 Å². The smallest absolute Gasteiger partial charge is 0.308 e. The van der Waals surface area contributed by atoms with Gasteiger partial charge in [-0.1, -0.05) is 26.0 Å². The summed E-state index contributed by atoms with van der Waals surface area (Å²) >= 11 is 0. The number of allylic oxidation sites excluding steroid dienone is 3. The molecular formula is C11H16N2O2. The van der Waals surface area contributed by atoms with Crippen molar-refractivity contribution in [3.05, 3.63) is 23.9 Å². The van der Waals surface area contributed by atoms with Crippen LogP contribution in [0, 0.1) is 5.92 Å². The summed E-state index contributed by atoms with van der Waals surface area (Å²) < 4.78 is 0. The van der Waals surface area contributed by atoms with E-state index in [9.17, 15) is 9.59 Å². The SMILES string of the molecule is CC(C)C(=O)NC(=O)NC1=CCCC=C1. The van der Waals surface area contributed by atoms with Gasteiger partial charge in [0.15, 0.2) is 0 Å². The lowest BCUT2D eigenvalue weighted by molar-refractivity contribution is -0.122. The average Bonchev–Trinajstić information content (AvgIpc) is 2.18. The second kappa shape index (κ2) is 5.34. The average molecular weight is 208 g/mol. The van der Waals surface area contributed by atoms with Gasteiger partial charge in [-0.25, -0.2) is 4.79 Å². The monoisotopic (exact) mass is 208 g/mol. The van der Waals surface area contributed by atoms with E-state index >= 15 is 0 Å². The van der Waals surface area contributed by atoms with Gasteiger partial charge in [0.05, 0.1) is 0 Å². The van der Waals surface area contributed by atoms with Crippen LogP contribution in [0.15, 0.2) is 23.9 Å². The molecule has 0 spiro atoms. The first kappa shape index (κ1) is 11.5. The van der Waals surface area contributed by atoms with Crippen LogP contribution in [0.3, 0.4) is 0 Å². The molecule has 1 aliphatic rings. The minimum absolute atomic E-state index is 0.188. The summed E-state index contributed by atoms with van der Waals surface area (Å²) in [5.41, 5.74) is 0.746. The number of amides is 3. The van der Waals surface area contributed by atoms with Crippen LogP contribution in [0.1, 0.15) is 26.7 Å². The molecule has 0 heterocycles. The van der Waals surface area contributed by atoms with Gasteiger partial charge in [-0.2, -0.15) is 0 Å². The highest BCUT2D eigenvalue weighted by atomic mass is 16.2. The van der Waals surface area contributed by atoms with Crippen LogP contribution in [0.4, 0.5) is 4.79 Å². The maximum atomic E-state index is 11.3. The van der Waals surface area contributed by atoms with E-state index in [0.29, 0.717) is 0 Å². The van der Waals surface area contributed by atoms with Crippen molar-refractivity contribution in [1.82, 2.24) is 10.6 Å². The first-order valence-corrected chi connectivity index (χ1v) is 5.08. The first-order chi connectivity index (χ1) is 7.09. The Morgan fingerprint density at radius 3 is 2.60 bits per heavy atom. The number of urea groups is 1. The zero-order valence-electron chi connectivity index (χ0n) is 9.04. The molecule has 3 amide bonds. The number of nitrogens with one attached hydrogen (secondary N) is 2. The van der Waals surface area contributed by atoms with Crippen molar-refractivity contribution in [2.45, 2.75) is 26.7 Å². The Labute approximate surface area is 89.4 Å². The molecule has 0 bridgehead atoms. The molecule has 0 aromatic rings. The standard InChI is InChI=1S/C11H16N2O2/c1-8(2)10(14)13-11(15)12-9-6-4-3-5-7-9/h4,6-8H,3,5H2,1-2H3,(H2,12,13,14,15). The van der Waals surface area contributed by atoms with Crippen LogP contribution in [-0.2, 0) is 4.79 Å². The molecule has 0 saturated carbocycles. The molecule has 0 aromatic carbocycles. The highest BCUT2D eigenvalue weighted by Gasteiger charge is 2.11. The highest BCUT2D eigenvalue weighted by molar-refractivity contribution is 5.95. The van der Waals surface area contributed by atoms with Crippen molar-refractivity contribution < 1.29 is 9.59 Å². The van der Waals surface area contributed by atoms with Crippen molar-refractivity contribution in [3.63, 3.8) is 0 Å². The number of imide groups is 1. The quantitative estimate of drug-likeness (QED) is 0.725. The van der Waals surface area contributed by atoms with Crippen LogP contribution >= 0.6 is 0 Å². The van der Waals surface area contributed by atoms with E-state index in [1.54, 1.807) is 13.8 Å². The zero-order chi connectivity index (χ0) is 11.3. The predicted molar refractivity (Wildman–Crippen MR) is 58.0 cm³/mol. The van der Waals surface area contributed by atoms with Gasteiger partial charge in [-0.3, -0.25) is 10.1 Å². The molecule has 0 atom stereocenters. The van der Waals surface area contributed by atoms with Crippen molar-refractivity contribution >= 4 is 11.9 Å². The summed E-state index contributed by atoms with van der Waals surface area (Å²) in [6, 6.07) is -0.466. The number of rotatable bonds is 2. The number of carbonyl (C=O) groups excluding carboxylic acids is 2. The largest absolute Gasteiger partial charge is 0.325 e. The number of carbonyl (C=O) groups is 2. The number of hydrogen-bond donors (Lipinski definition) is 2. The fraction of sp³-hybridized carbons (Fsp3) is 0.455. The fourth-order valence-electron chi connectivity index (χ4n) is 1.12. The van der Waals surface area contributed by atoms with Crippen molar-refractivity contribution in [3.8, 4) is 0 Å². The lowest BCUT2D eigenvalue weighted by atomic mass is 10.1. The number of hydrogen-bond acceptors (Lipinski definition) is 2. The molecule has 0 radical (unpaired) electrons. The molecule has 0 aromatic heterocycles. The Morgan fingerprint density at radius 2 is 2.07 bits per heavy atom. The maximum absolute atomic E-state index is 11.3. The van der Waals surface area contributed by atoms with Gasteiger partial charge >= 0.3 is 6.03 Å². The third-order valence-corrected chi connectivity index (χ3v) is 2.01. The molecule has 0 aliphatic heterocycles. The lowest BCUT2D eigenvalue weighted by Gasteiger charge is -2.10. The summed E-state index contributed by atoms with van der Waals surface area (Å²) in [7, 11) is 0. The van der Waals surface area contributed by atoms with Gasteiger partial charge in [-0.05, 0) is 18.9 Å². The Balaban J connectivity index is 2.39. The molecule has 1 rings (SSSR count). The van der Waals surface area contributed by atoms with Crippen LogP contribution in [0.5, 0.6) is 0 Å². The predicted octanol–water partition coefficient (Wildman–Crippen LogP) is 1.70. The van der Waals surface area contributed by atoms with E-state index in [2.05, 4.69) is 10.6 Å². The normalized spacial score (nSPS) is 14.7. The summed E-state index contributed by atoms with van der Waals surface area (Å²) in [4.78, 5) is 22.5. The van der Waals surface area contributed by atoms with E-state index in [1.807, 2.05) is 18.2 Å². The lowest BCUT2D eigenvalue weighted by Crippen LogP contribution is -2.40. The van der Waals surface area contributed by atoms with Gasteiger partial charge in [0.1, 0.15) is 0 Å². The zero-order valence-corrected chi connectivity index (χ0v) is 9.04. The minimum atomic E-state index is -0.466. The topological polar surface area (TPSA) is 58.2 Å². The van der Waals surface area contributed by atoms with E-state index in [0.717, 1.165) is 18.5 Å². The van der Waals surface area contributed by atoms with Crippen LogP contribution in [0.2, 0.25) is 0 Å². The molecule has 0 unspecified atom stereocenters. The van der Waals surface area contributed by atoms with E-state index < -0.39 is 6.03 Å². The Morgan fingerprint density at radius 1 is 1.33 bits per heavy atom. The molecule has 0 fully saturated rings. The first-order valence-electron chi connectivity index (χ1n) is 5.08. The van der Waals surface area contributed by atoms with Gasteiger partial charge < -0.3 is 5.32 Å². The molecule has 2 N–H and O–H groups in total. The molecule has 4 nitrogen and oxygen atoms in total. The van der Waals surface area contributed by atoms with E-state index in [4.69, 9.17) is 0 Å². The third kappa shape index (κ3) is 3.97. The molecule has 1 aliphatic carbocycles. The maximum Gasteiger partial charge on any atom is 0.325 e. The molecule has 0 saturated heterocycles. The van der Waals surface area contributed by atoms with Crippen molar-refractivity contribution in [1.29, 1.82) is 0 Å². The second-order valence-corrected chi connectivity index (χ2v) is 3.74. The van der Waals surface area contributed by atoms with Crippen LogP contribution in [-0.4, -0.2) is 11.9 Å². The van der Waals surface area contributed by atoms with Crippen LogP contribution in [0.25, 0.3) is 0 Å². The van der Waals surface area contributed by atoms with E-state index in [-0.39, 0.29) is 11.8 Å². The van der Waals surface area contributed by atoms with Gasteiger partial charge in [0.2, 0.25) is 5.91 Å². The van der Waals surface area contributed by atoms with Gasteiger partial charge in [-0.15, -0.1) is 0 Å². The summed E-state index contributed by atoms with van der Waals surface area (Å²) in [6.45, 7) is 3.48. The molecule has 82 valence electrons. The third-order valence-electron chi connectivity index (χ3n) is 2.01. The van der Waals surface area contributed by atoms with Crippen molar-refractivity contribution in [2.24, 2.45) is 5.92 Å². The fourth-order valence-corrected chi connectivity index (χ4v) is 1.12. The van der Waals surface area contributed by atoms with Crippen molar-refractivity contribution in [2.75, 3.05) is 0 Å².